The topological polar surface area (TPSA) is 49.4 Å². The van der Waals surface area contributed by atoms with Crippen LogP contribution in [0.25, 0.3) is 0 Å². The summed E-state index contributed by atoms with van der Waals surface area (Å²) in [5.74, 6) is -0.995. The molecule has 3 rings (SSSR count). The quantitative estimate of drug-likeness (QED) is 0.885. The zero-order valence-corrected chi connectivity index (χ0v) is 12.6. The maximum Gasteiger partial charge on any atom is 0.236 e. The van der Waals surface area contributed by atoms with Crippen molar-refractivity contribution in [1.82, 2.24) is 0 Å². The van der Waals surface area contributed by atoms with Crippen molar-refractivity contribution in [2.24, 2.45) is 0 Å². The number of hydrogen-bond donors (Lipinski definition) is 1. The monoisotopic (exact) mass is 312 g/mol. The molecule has 1 N–H and O–H groups in total. The van der Waals surface area contributed by atoms with Gasteiger partial charge in [-0.25, -0.2) is 4.39 Å². The van der Waals surface area contributed by atoms with E-state index in [1.54, 1.807) is 4.90 Å². The molecule has 0 aliphatic carbocycles. The van der Waals surface area contributed by atoms with Crippen LogP contribution in [0.4, 0.5) is 15.8 Å². The first kappa shape index (κ1) is 15.2. The summed E-state index contributed by atoms with van der Waals surface area (Å²) in [6.45, 7) is 0.625. The van der Waals surface area contributed by atoms with Crippen LogP contribution in [0.5, 0.6) is 0 Å². The second-order valence-electron chi connectivity index (χ2n) is 5.51. The Labute approximate surface area is 133 Å². The summed E-state index contributed by atoms with van der Waals surface area (Å²) < 4.78 is 12.8. The summed E-state index contributed by atoms with van der Waals surface area (Å²) in [6, 6.07) is 13.2. The van der Waals surface area contributed by atoms with E-state index in [0.717, 1.165) is 24.1 Å². The lowest BCUT2D eigenvalue weighted by Gasteiger charge is -2.29. The Morgan fingerprint density at radius 1 is 1.09 bits per heavy atom. The van der Waals surface area contributed by atoms with Gasteiger partial charge in [0.25, 0.3) is 0 Å². The van der Waals surface area contributed by atoms with Crippen LogP contribution < -0.4 is 10.2 Å². The van der Waals surface area contributed by atoms with Crippen LogP contribution in [0.2, 0.25) is 0 Å². The molecule has 1 aliphatic heterocycles. The van der Waals surface area contributed by atoms with Crippen molar-refractivity contribution in [2.45, 2.75) is 19.3 Å². The van der Waals surface area contributed by atoms with Crippen molar-refractivity contribution >= 4 is 23.2 Å². The summed E-state index contributed by atoms with van der Waals surface area (Å²) in [5.41, 5.74) is 2.49. The van der Waals surface area contributed by atoms with Gasteiger partial charge >= 0.3 is 0 Å². The number of fused-ring (bicyclic) bond motifs is 1. The number of halogens is 1. The predicted molar refractivity (Wildman–Crippen MR) is 86.8 cm³/mol. The standard InChI is InChI=1S/C18H17FN2O2/c19-14-7-9-15(10-8-14)20-17(22)12-18(23)21-11-3-5-13-4-1-2-6-16(13)21/h1-2,4,6-10H,3,5,11-12H2,(H,20,22). The summed E-state index contributed by atoms with van der Waals surface area (Å²) in [6.07, 6.45) is 1.61. The number of hydrogen-bond acceptors (Lipinski definition) is 2. The molecule has 0 saturated heterocycles. The number of rotatable bonds is 3. The van der Waals surface area contributed by atoms with Gasteiger partial charge < -0.3 is 10.2 Å². The lowest BCUT2D eigenvalue weighted by molar-refractivity contribution is -0.125. The molecular formula is C18H17FN2O2. The molecule has 0 atom stereocenters. The van der Waals surface area contributed by atoms with Crippen molar-refractivity contribution in [2.75, 3.05) is 16.8 Å². The average molecular weight is 312 g/mol. The lowest BCUT2D eigenvalue weighted by atomic mass is 10.0. The van der Waals surface area contributed by atoms with Crippen molar-refractivity contribution in [1.29, 1.82) is 0 Å². The average Bonchev–Trinajstić information content (AvgIpc) is 2.56. The van der Waals surface area contributed by atoms with Crippen molar-refractivity contribution in [3.63, 3.8) is 0 Å². The lowest BCUT2D eigenvalue weighted by Crippen LogP contribution is -2.37. The molecule has 118 valence electrons. The molecule has 2 aromatic rings. The predicted octanol–water partition coefficient (Wildman–Crippen LogP) is 3.13. The Kier molecular flexibility index (Phi) is 4.37. The third-order valence-corrected chi connectivity index (χ3v) is 3.85. The third-order valence-electron chi connectivity index (χ3n) is 3.85. The van der Waals surface area contributed by atoms with E-state index in [0.29, 0.717) is 12.2 Å². The second kappa shape index (κ2) is 6.60. The fourth-order valence-electron chi connectivity index (χ4n) is 2.76. The first-order chi connectivity index (χ1) is 11.1. The Balaban J connectivity index is 1.65. The van der Waals surface area contributed by atoms with Gasteiger partial charge in [-0.3, -0.25) is 9.59 Å². The number of nitrogens with zero attached hydrogens (tertiary/aromatic N) is 1. The molecule has 1 aliphatic rings. The zero-order valence-electron chi connectivity index (χ0n) is 12.6. The van der Waals surface area contributed by atoms with E-state index in [1.165, 1.54) is 24.3 Å². The van der Waals surface area contributed by atoms with Gasteiger partial charge in [-0.2, -0.15) is 0 Å². The molecule has 0 spiro atoms. The van der Waals surface area contributed by atoms with Crippen molar-refractivity contribution in [3.05, 3.63) is 59.9 Å². The molecule has 4 nitrogen and oxygen atoms in total. The molecule has 0 radical (unpaired) electrons. The molecule has 0 bridgehead atoms. The van der Waals surface area contributed by atoms with E-state index in [9.17, 15) is 14.0 Å². The molecule has 0 saturated carbocycles. The Hall–Kier alpha value is -2.69. The zero-order chi connectivity index (χ0) is 16.2. The Bertz CT molecular complexity index is 728. The smallest absolute Gasteiger partial charge is 0.236 e. The number of amides is 2. The van der Waals surface area contributed by atoms with E-state index in [-0.39, 0.29) is 18.1 Å². The molecule has 0 unspecified atom stereocenters. The van der Waals surface area contributed by atoms with E-state index in [4.69, 9.17) is 0 Å². The number of anilines is 2. The highest BCUT2D eigenvalue weighted by Crippen LogP contribution is 2.27. The minimum Gasteiger partial charge on any atom is -0.326 e. The molecule has 2 amide bonds. The number of aryl methyl sites for hydroxylation is 1. The minimum absolute atomic E-state index is 0.225. The largest absolute Gasteiger partial charge is 0.326 e. The van der Waals surface area contributed by atoms with E-state index < -0.39 is 5.91 Å². The molecule has 5 heteroatoms. The summed E-state index contributed by atoms with van der Waals surface area (Å²) in [7, 11) is 0. The minimum atomic E-state index is -0.398. The number of carbonyl (C=O) groups excluding carboxylic acids is 2. The van der Waals surface area contributed by atoms with Gasteiger partial charge in [0.05, 0.1) is 0 Å². The highest BCUT2D eigenvalue weighted by atomic mass is 19.1. The third kappa shape index (κ3) is 3.56. The molecule has 2 aromatic carbocycles. The Morgan fingerprint density at radius 2 is 1.83 bits per heavy atom. The summed E-state index contributed by atoms with van der Waals surface area (Å²) in [4.78, 5) is 26.1. The van der Waals surface area contributed by atoms with Gasteiger partial charge in [-0.1, -0.05) is 18.2 Å². The van der Waals surface area contributed by atoms with Crippen LogP contribution in [-0.4, -0.2) is 18.4 Å². The van der Waals surface area contributed by atoms with Crippen LogP contribution in [-0.2, 0) is 16.0 Å². The van der Waals surface area contributed by atoms with E-state index >= 15 is 0 Å². The highest BCUT2D eigenvalue weighted by molar-refractivity contribution is 6.09. The molecule has 1 heterocycles. The first-order valence-corrected chi connectivity index (χ1v) is 7.57. The van der Waals surface area contributed by atoms with Crippen molar-refractivity contribution < 1.29 is 14.0 Å². The highest BCUT2D eigenvalue weighted by Gasteiger charge is 2.23. The van der Waals surface area contributed by atoms with Crippen LogP contribution in [0, 0.1) is 5.82 Å². The first-order valence-electron chi connectivity index (χ1n) is 7.57. The molecule has 0 fully saturated rings. The molecule has 23 heavy (non-hydrogen) atoms. The van der Waals surface area contributed by atoms with E-state index in [1.807, 2.05) is 24.3 Å². The van der Waals surface area contributed by atoms with Gasteiger partial charge in [0.2, 0.25) is 11.8 Å². The molecular weight excluding hydrogens is 295 g/mol. The second-order valence-corrected chi connectivity index (χ2v) is 5.51. The number of nitrogens with one attached hydrogen (secondary N) is 1. The number of benzene rings is 2. The van der Waals surface area contributed by atoms with Crippen LogP contribution >= 0.6 is 0 Å². The Morgan fingerprint density at radius 3 is 2.61 bits per heavy atom. The number of para-hydroxylation sites is 1. The fourth-order valence-corrected chi connectivity index (χ4v) is 2.76. The SMILES string of the molecule is O=C(CC(=O)N1CCCc2ccccc21)Nc1ccc(F)cc1. The van der Waals surface area contributed by atoms with Gasteiger partial charge in [-0.05, 0) is 48.7 Å². The van der Waals surface area contributed by atoms with Gasteiger partial charge in [0, 0.05) is 17.9 Å². The number of carbonyl (C=O) groups is 2. The summed E-state index contributed by atoms with van der Waals surface area (Å²) >= 11 is 0. The normalized spacial score (nSPS) is 13.3. The van der Waals surface area contributed by atoms with Crippen LogP contribution in [0.1, 0.15) is 18.4 Å². The maximum absolute atomic E-state index is 12.8. The van der Waals surface area contributed by atoms with Crippen molar-refractivity contribution in [3.8, 4) is 0 Å². The summed E-state index contributed by atoms with van der Waals surface area (Å²) in [5, 5.41) is 2.61. The van der Waals surface area contributed by atoms with Gasteiger partial charge in [0.15, 0.2) is 0 Å². The van der Waals surface area contributed by atoms with Crippen LogP contribution in [0.3, 0.4) is 0 Å². The molecule has 0 aromatic heterocycles. The fraction of sp³-hybridized carbons (Fsp3) is 0.222. The van der Waals surface area contributed by atoms with Gasteiger partial charge in [0.1, 0.15) is 12.2 Å². The maximum atomic E-state index is 12.8. The van der Waals surface area contributed by atoms with E-state index in [2.05, 4.69) is 5.32 Å². The van der Waals surface area contributed by atoms with Crippen LogP contribution in [0.15, 0.2) is 48.5 Å². The van der Waals surface area contributed by atoms with Gasteiger partial charge in [-0.15, -0.1) is 0 Å².